The maximum atomic E-state index is 12.3. The zero-order valence-corrected chi connectivity index (χ0v) is 8.87. The maximum Gasteiger partial charge on any atom is 0.416 e. The third kappa shape index (κ3) is 4.44. The monoisotopic (exact) mass is 247 g/mol. The summed E-state index contributed by atoms with van der Waals surface area (Å²) in [5.41, 5.74) is 5.39. The molecule has 1 aromatic rings. The van der Waals surface area contributed by atoms with Crippen molar-refractivity contribution in [3.63, 3.8) is 0 Å². The standard InChI is InChI=1S/C11H12F3NO2/c12-11(13,14)8-3-1-7(2-4-8)5-9(15)6-10(16)17/h1-4,9H,5-6,15H2,(H,16,17)/t9-/m1/s1. The van der Waals surface area contributed by atoms with E-state index in [1.165, 1.54) is 12.1 Å². The van der Waals surface area contributed by atoms with Crippen LogP contribution in [0.5, 0.6) is 0 Å². The first-order valence-electron chi connectivity index (χ1n) is 4.92. The number of alkyl halides is 3. The van der Waals surface area contributed by atoms with E-state index in [2.05, 4.69) is 0 Å². The van der Waals surface area contributed by atoms with Crippen LogP contribution in [0.4, 0.5) is 13.2 Å². The summed E-state index contributed by atoms with van der Waals surface area (Å²) in [6.07, 6.45) is -4.33. The number of nitrogens with two attached hydrogens (primary N) is 1. The lowest BCUT2D eigenvalue weighted by atomic mass is 10.0. The van der Waals surface area contributed by atoms with Crippen LogP contribution in [0.1, 0.15) is 17.5 Å². The Balaban J connectivity index is 2.66. The van der Waals surface area contributed by atoms with Crippen molar-refractivity contribution in [3.05, 3.63) is 35.4 Å². The van der Waals surface area contributed by atoms with Gasteiger partial charge in [-0.3, -0.25) is 4.79 Å². The van der Waals surface area contributed by atoms with Gasteiger partial charge in [0.05, 0.1) is 12.0 Å². The minimum Gasteiger partial charge on any atom is -0.481 e. The Kier molecular flexibility index (Phi) is 4.11. The van der Waals surface area contributed by atoms with Crippen molar-refractivity contribution in [1.29, 1.82) is 0 Å². The van der Waals surface area contributed by atoms with Gasteiger partial charge in [0.15, 0.2) is 0 Å². The molecule has 0 radical (unpaired) electrons. The number of rotatable bonds is 4. The van der Waals surface area contributed by atoms with Crippen molar-refractivity contribution in [2.24, 2.45) is 5.73 Å². The van der Waals surface area contributed by atoms with Gasteiger partial charge in [0.25, 0.3) is 0 Å². The molecule has 0 aromatic heterocycles. The molecule has 0 fully saturated rings. The molecular weight excluding hydrogens is 235 g/mol. The molecule has 0 aliphatic carbocycles. The van der Waals surface area contributed by atoms with Gasteiger partial charge < -0.3 is 10.8 Å². The highest BCUT2D eigenvalue weighted by Gasteiger charge is 2.29. The fraction of sp³-hybridized carbons (Fsp3) is 0.364. The molecule has 0 aliphatic rings. The highest BCUT2D eigenvalue weighted by Crippen LogP contribution is 2.29. The molecule has 6 heteroatoms. The van der Waals surface area contributed by atoms with E-state index in [1.54, 1.807) is 0 Å². The summed E-state index contributed by atoms with van der Waals surface area (Å²) in [4.78, 5) is 10.4. The first-order chi connectivity index (χ1) is 7.79. The number of carbonyl (C=O) groups is 1. The molecule has 1 atom stereocenters. The number of hydrogen-bond donors (Lipinski definition) is 2. The molecule has 3 nitrogen and oxygen atoms in total. The normalized spacial score (nSPS) is 13.4. The largest absolute Gasteiger partial charge is 0.481 e. The van der Waals surface area contributed by atoms with Crippen molar-refractivity contribution in [3.8, 4) is 0 Å². The van der Waals surface area contributed by atoms with Crippen LogP contribution in [-0.2, 0) is 17.4 Å². The molecule has 0 aliphatic heterocycles. The summed E-state index contributed by atoms with van der Waals surface area (Å²) < 4.78 is 36.8. The molecule has 3 N–H and O–H groups in total. The van der Waals surface area contributed by atoms with Crippen LogP contribution in [0.25, 0.3) is 0 Å². The second-order valence-corrected chi connectivity index (χ2v) is 3.76. The maximum absolute atomic E-state index is 12.3. The van der Waals surface area contributed by atoms with Crippen molar-refractivity contribution in [1.82, 2.24) is 0 Å². The zero-order valence-electron chi connectivity index (χ0n) is 8.87. The highest BCUT2D eigenvalue weighted by atomic mass is 19.4. The van der Waals surface area contributed by atoms with E-state index in [0.29, 0.717) is 5.56 Å². The lowest BCUT2D eigenvalue weighted by Gasteiger charge is -2.10. The van der Waals surface area contributed by atoms with Crippen LogP contribution in [0.2, 0.25) is 0 Å². The van der Waals surface area contributed by atoms with Gasteiger partial charge in [0, 0.05) is 6.04 Å². The summed E-state index contributed by atoms with van der Waals surface area (Å²) >= 11 is 0. The molecule has 0 saturated carbocycles. The quantitative estimate of drug-likeness (QED) is 0.855. The number of hydrogen-bond acceptors (Lipinski definition) is 2. The number of carboxylic acids is 1. The fourth-order valence-electron chi connectivity index (χ4n) is 1.43. The summed E-state index contributed by atoms with van der Waals surface area (Å²) in [5.74, 6) is -1.02. The van der Waals surface area contributed by atoms with Crippen molar-refractivity contribution in [2.75, 3.05) is 0 Å². The predicted octanol–water partition coefficient (Wildman–Crippen LogP) is 2.05. The van der Waals surface area contributed by atoms with Gasteiger partial charge in [0.2, 0.25) is 0 Å². The third-order valence-corrected chi connectivity index (χ3v) is 2.22. The molecule has 94 valence electrons. The molecule has 17 heavy (non-hydrogen) atoms. The van der Waals surface area contributed by atoms with Crippen LogP contribution >= 0.6 is 0 Å². The number of aliphatic carboxylic acids is 1. The highest BCUT2D eigenvalue weighted by molar-refractivity contribution is 5.67. The first kappa shape index (κ1) is 13.5. The minimum absolute atomic E-state index is 0.207. The second-order valence-electron chi connectivity index (χ2n) is 3.76. The van der Waals surface area contributed by atoms with Crippen molar-refractivity contribution in [2.45, 2.75) is 25.1 Å². The summed E-state index contributed by atoms with van der Waals surface area (Å²) in [6.45, 7) is 0. The number of benzene rings is 1. The predicted molar refractivity (Wildman–Crippen MR) is 55.4 cm³/mol. The van der Waals surface area contributed by atoms with Gasteiger partial charge in [-0.1, -0.05) is 12.1 Å². The molecule has 0 spiro atoms. The molecule has 0 saturated heterocycles. The van der Waals surface area contributed by atoms with E-state index in [9.17, 15) is 18.0 Å². The van der Waals surface area contributed by atoms with E-state index in [-0.39, 0.29) is 12.8 Å². The zero-order chi connectivity index (χ0) is 13.1. The van der Waals surface area contributed by atoms with Gasteiger partial charge in [-0.2, -0.15) is 13.2 Å². The lowest BCUT2D eigenvalue weighted by molar-refractivity contribution is -0.138. The smallest absolute Gasteiger partial charge is 0.416 e. The average molecular weight is 247 g/mol. The molecule has 0 amide bonds. The van der Waals surface area contributed by atoms with E-state index < -0.39 is 23.8 Å². The first-order valence-corrected chi connectivity index (χ1v) is 4.92. The van der Waals surface area contributed by atoms with Gasteiger partial charge >= 0.3 is 12.1 Å². The molecule has 0 unspecified atom stereocenters. The van der Waals surface area contributed by atoms with E-state index in [0.717, 1.165) is 12.1 Å². The Morgan fingerprint density at radius 3 is 2.24 bits per heavy atom. The van der Waals surface area contributed by atoms with Crippen LogP contribution in [0.15, 0.2) is 24.3 Å². The summed E-state index contributed by atoms with van der Waals surface area (Å²) in [6, 6.07) is 3.95. The van der Waals surface area contributed by atoms with Crippen LogP contribution in [-0.4, -0.2) is 17.1 Å². The Bertz CT molecular complexity index is 387. The molecule has 0 heterocycles. The Hall–Kier alpha value is -1.56. The van der Waals surface area contributed by atoms with Crippen LogP contribution in [0, 0.1) is 0 Å². The fourth-order valence-corrected chi connectivity index (χ4v) is 1.43. The van der Waals surface area contributed by atoms with Gasteiger partial charge in [-0.15, -0.1) is 0 Å². The number of halogens is 3. The van der Waals surface area contributed by atoms with E-state index >= 15 is 0 Å². The average Bonchev–Trinajstić information content (AvgIpc) is 2.15. The molecule has 0 bridgehead atoms. The third-order valence-electron chi connectivity index (χ3n) is 2.22. The van der Waals surface area contributed by atoms with Gasteiger partial charge in [-0.25, -0.2) is 0 Å². The lowest BCUT2D eigenvalue weighted by Crippen LogP contribution is -2.26. The van der Waals surface area contributed by atoms with Crippen molar-refractivity contribution >= 4 is 5.97 Å². The second kappa shape index (κ2) is 5.18. The topological polar surface area (TPSA) is 63.3 Å². The van der Waals surface area contributed by atoms with Gasteiger partial charge in [0.1, 0.15) is 0 Å². The number of carboxylic acid groups (broad SMARTS) is 1. The minimum atomic E-state index is -4.36. The summed E-state index contributed by atoms with van der Waals surface area (Å²) in [7, 11) is 0. The van der Waals surface area contributed by atoms with Gasteiger partial charge in [-0.05, 0) is 24.1 Å². The van der Waals surface area contributed by atoms with Crippen LogP contribution in [0.3, 0.4) is 0 Å². The van der Waals surface area contributed by atoms with E-state index in [4.69, 9.17) is 10.8 Å². The Morgan fingerprint density at radius 1 is 1.29 bits per heavy atom. The Labute approximate surface area is 96.0 Å². The SMILES string of the molecule is N[C@@H](CC(=O)O)Cc1ccc(C(F)(F)F)cc1. The van der Waals surface area contributed by atoms with E-state index in [1.807, 2.05) is 0 Å². The van der Waals surface area contributed by atoms with Crippen LogP contribution < -0.4 is 5.73 Å². The molecule has 1 rings (SSSR count). The summed E-state index contributed by atoms with van der Waals surface area (Å²) in [5, 5.41) is 8.48. The molecule has 1 aromatic carbocycles. The van der Waals surface area contributed by atoms with Crippen molar-refractivity contribution < 1.29 is 23.1 Å². The Morgan fingerprint density at radius 2 is 1.82 bits per heavy atom. The molecular formula is C11H12F3NO2.